The lowest BCUT2D eigenvalue weighted by Crippen LogP contribution is -1.93. The van der Waals surface area contributed by atoms with Gasteiger partial charge in [0.25, 0.3) is 0 Å². The summed E-state index contributed by atoms with van der Waals surface area (Å²) >= 11 is 3.45. The molecular formula is C18H13BrN4O. The molecule has 6 heteroatoms. The molecule has 0 saturated carbocycles. The van der Waals surface area contributed by atoms with Crippen molar-refractivity contribution in [3.8, 4) is 5.75 Å². The average molecular weight is 381 g/mol. The van der Waals surface area contributed by atoms with Crippen LogP contribution in [-0.2, 0) is 0 Å². The lowest BCUT2D eigenvalue weighted by atomic mass is 10.0. The molecule has 4 aromatic rings. The average Bonchev–Trinajstić information content (AvgIpc) is 2.99. The number of hydrazone groups is 1. The monoisotopic (exact) mass is 380 g/mol. The summed E-state index contributed by atoms with van der Waals surface area (Å²) in [5, 5.41) is 16.3. The molecule has 0 aliphatic heterocycles. The highest BCUT2D eigenvalue weighted by molar-refractivity contribution is 9.10. The summed E-state index contributed by atoms with van der Waals surface area (Å²) in [6, 6.07) is 17.2. The van der Waals surface area contributed by atoms with Gasteiger partial charge in [-0.3, -0.25) is 0 Å². The first-order valence-electron chi connectivity index (χ1n) is 7.36. The Labute approximate surface area is 146 Å². The number of anilines is 1. The van der Waals surface area contributed by atoms with Gasteiger partial charge in [-0.2, -0.15) is 5.10 Å². The van der Waals surface area contributed by atoms with Crippen LogP contribution in [0.25, 0.3) is 21.8 Å². The minimum absolute atomic E-state index is 0.181. The molecular weight excluding hydrogens is 368 g/mol. The van der Waals surface area contributed by atoms with Crippen LogP contribution in [0.2, 0.25) is 0 Å². The van der Waals surface area contributed by atoms with Crippen molar-refractivity contribution in [3.63, 3.8) is 0 Å². The number of halogens is 1. The van der Waals surface area contributed by atoms with Crippen LogP contribution < -0.4 is 5.43 Å². The first kappa shape index (κ1) is 14.7. The van der Waals surface area contributed by atoms with Gasteiger partial charge in [0, 0.05) is 10.0 Å². The molecule has 0 saturated heterocycles. The predicted octanol–water partition coefficient (Wildman–Crippen LogP) is 4.63. The highest BCUT2D eigenvalue weighted by atomic mass is 79.9. The Morgan fingerprint density at radius 2 is 2.00 bits per heavy atom. The number of hydrogen-bond donors (Lipinski definition) is 3. The number of imidazole rings is 1. The van der Waals surface area contributed by atoms with Crippen LogP contribution in [0.15, 0.2) is 64.2 Å². The van der Waals surface area contributed by atoms with E-state index >= 15 is 0 Å². The first-order chi connectivity index (χ1) is 11.7. The summed E-state index contributed by atoms with van der Waals surface area (Å²) in [6.45, 7) is 0. The van der Waals surface area contributed by atoms with E-state index in [2.05, 4.69) is 36.4 Å². The third-order valence-electron chi connectivity index (χ3n) is 3.75. The zero-order valence-electron chi connectivity index (χ0n) is 12.5. The van der Waals surface area contributed by atoms with E-state index in [1.54, 1.807) is 12.3 Å². The number of aromatic hydroxyl groups is 1. The molecule has 4 rings (SSSR count). The molecule has 118 valence electrons. The third kappa shape index (κ3) is 2.72. The van der Waals surface area contributed by atoms with Crippen molar-refractivity contribution < 1.29 is 5.11 Å². The van der Waals surface area contributed by atoms with Gasteiger partial charge >= 0.3 is 0 Å². The lowest BCUT2D eigenvalue weighted by Gasteiger charge is -2.05. The molecule has 0 amide bonds. The van der Waals surface area contributed by atoms with Gasteiger partial charge in [0.15, 0.2) is 0 Å². The standard InChI is InChI=1S/C18H13BrN4O/c19-12-6-7-13-11(9-12)5-8-17(24)14(13)10-20-23-18-21-15-3-1-2-4-16(15)22-18/h1-10,24H,(H2,21,22,23)/b20-10-. The zero-order valence-corrected chi connectivity index (χ0v) is 14.1. The van der Waals surface area contributed by atoms with Crippen LogP contribution in [0.1, 0.15) is 5.56 Å². The zero-order chi connectivity index (χ0) is 16.5. The molecule has 1 aromatic heterocycles. The molecule has 3 N–H and O–H groups in total. The molecule has 0 atom stereocenters. The molecule has 24 heavy (non-hydrogen) atoms. The van der Waals surface area contributed by atoms with Crippen LogP contribution in [0.4, 0.5) is 5.95 Å². The molecule has 0 fully saturated rings. The molecule has 0 unspecified atom stereocenters. The van der Waals surface area contributed by atoms with Crippen LogP contribution in [0.3, 0.4) is 0 Å². The van der Waals surface area contributed by atoms with E-state index in [4.69, 9.17) is 0 Å². The minimum Gasteiger partial charge on any atom is -0.507 e. The quantitative estimate of drug-likeness (QED) is 0.358. The Bertz CT molecular complexity index is 1040. The lowest BCUT2D eigenvalue weighted by molar-refractivity contribution is 0.475. The van der Waals surface area contributed by atoms with Crippen molar-refractivity contribution in [2.45, 2.75) is 0 Å². The fourth-order valence-corrected chi connectivity index (χ4v) is 2.99. The van der Waals surface area contributed by atoms with Crippen molar-refractivity contribution >= 4 is 49.9 Å². The van der Waals surface area contributed by atoms with E-state index in [0.29, 0.717) is 11.5 Å². The fourth-order valence-electron chi connectivity index (χ4n) is 2.61. The Morgan fingerprint density at radius 1 is 1.12 bits per heavy atom. The molecule has 0 bridgehead atoms. The number of benzene rings is 3. The highest BCUT2D eigenvalue weighted by Gasteiger charge is 2.06. The van der Waals surface area contributed by atoms with Crippen LogP contribution in [-0.4, -0.2) is 21.3 Å². The third-order valence-corrected chi connectivity index (χ3v) is 4.25. The normalized spacial score (nSPS) is 11.5. The topological polar surface area (TPSA) is 73.3 Å². The van der Waals surface area contributed by atoms with Crippen molar-refractivity contribution in [2.75, 3.05) is 5.43 Å². The SMILES string of the molecule is Oc1ccc2cc(Br)ccc2c1/C=N\Nc1nc2ccccc2[nH]1. The number of rotatable bonds is 3. The van der Waals surface area contributed by atoms with Crippen molar-refractivity contribution in [3.05, 3.63) is 64.6 Å². The Balaban J connectivity index is 1.65. The number of para-hydroxylation sites is 2. The second kappa shape index (κ2) is 5.98. The van der Waals surface area contributed by atoms with Gasteiger partial charge in [0.1, 0.15) is 5.75 Å². The van der Waals surface area contributed by atoms with Gasteiger partial charge in [0.2, 0.25) is 5.95 Å². The van der Waals surface area contributed by atoms with Crippen LogP contribution >= 0.6 is 15.9 Å². The van der Waals surface area contributed by atoms with Gasteiger partial charge in [-0.15, -0.1) is 0 Å². The molecule has 0 spiro atoms. The first-order valence-corrected chi connectivity index (χ1v) is 8.15. The fraction of sp³-hybridized carbons (Fsp3) is 0. The summed E-state index contributed by atoms with van der Waals surface area (Å²) in [4.78, 5) is 7.53. The number of nitrogens with one attached hydrogen (secondary N) is 2. The van der Waals surface area contributed by atoms with Gasteiger partial charge in [-0.1, -0.05) is 40.2 Å². The Morgan fingerprint density at radius 3 is 2.88 bits per heavy atom. The maximum Gasteiger partial charge on any atom is 0.222 e. The van der Waals surface area contributed by atoms with Gasteiger partial charge in [-0.05, 0) is 41.1 Å². The smallest absolute Gasteiger partial charge is 0.222 e. The largest absolute Gasteiger partial charge is 0.507 e. The molecule has 5 nitrogen and oxygen atoms in total. The van der Waals surface area contributed by atoms with Crippen molar-refractivity contribution in [2.24, 2.45) is 5.10 Å². The Hall–Kier alpha value is -2.86. The summed E-state index contributed by atoms with van der Waals surface area (Å²) < 4.78 is 0.990. The summed E-state index contributed by atoms with van der Waals surface area (Å²) in [5.74, 6) is 0.731. The van der Waals surface area contributed by atoms with E-state index in [1.165, 1.54) is 0 Å². The highest BCUT2D eigenvalue weighted by Crippen LogP contribution is 2.28. The molecule has 3 aromatic carbocycles. The number of aromatic amines is 1. The molecule has 0 aliphatic carbocycles. The van der Waals surface area contributed by atoms with Crippen molar-refractivity contribution in [1.82, 2.24) is 9.97 Å². The van der Waals surface area contributed by atoms with E-state index in [1.807, 2.05) is 48.5 Å². The van der Waals surface area contributed by atoms with Gasteiger partial charge in [-0.25, -0.2) is 10.4 Å². The second-order valence-electron chi connectivity index (χ2n) is 5.34. The number of nitrogens with zero attached hydrogens (tertiary/aromatic N) is 2. The molecule has 0 aliphatic rings. The summed E-state index contributed by atoms with van der Waals surface area (Å²) in [5.41, 5.74) is 5.33. The minimum atomic E-state index is 0.181. The van der Waals surface area contributed by atoms with Crippen LogP contribution in [0, 0.1) is 0 Å². The number of aromatic nitrogens is 2. The van der Waals surface area contributed by atoms with E-state index in [9.17, 15) is 5.11 Å². The second-order valence-corrected chi connectivity index (χ2v) is 6.25. The Kier molecular flexibility index (Phi) is 3.66. The van der Waals surface area contributed by atoms with Crippen molar-refractivity contribution in [1.29, 1.82) is 0 Å². The van der Waals surface area contributed by atoms with E-state index < -0.39 is 0 Å². The number of phenols is 1. The maximum atomic E-state index is 10.1. The predicted molar refractivity (Wildman–Crippen MR) is 101 cm³/mol. The number of H-pyrrole nitrogens is 1. The van der Waals surface area contributed by atoms with Crippen LogP contribution in [0.5, 0.6) is 5.75 Å². The van der Waals surface area contributed by atoms with Gasteiger partial charge < -0.3 is 10.1 Å². The van der Waals surface area contributed by atoms with E-state index in [-0.39, 0.29) is 5.75 Å². The summed E-state index contributed by atoms with van der Waals surface area (Å²) in [7, 11) is 0. The van der Waals surface area contributed by atoms with E-state index in [0.717, 1.165) is 26.3 Å². The number of hydrogen-bond acceptors (Lipinski definition) is 4. The maximum absolute atomic E-state index is 10.1. The summed E-state index contributed by atoms with van der Waals surface area (Å²) in [6.07, 6.45) is 1.60. The number of phenolic OH excluding ortho intramolecular Hbond substituents is 1. The molecule has 0 radical (unpaired) electrons. The van der Waals surface area contributed by atoms with Gasteiger partial charge in [0.05, 0.1) is 17.2 Å². The molecule has 1 heterocycles. The number of fused-ring (bicyclic) bond motifs is 2.